The van der Waals surface area contributed by atoms with E-state index in [-0.39, 0.29) is 11.8 Å². The van der Waals surface area contributed by atoms with Gasteiger partial charge in [0.05, 0.1) is 11.8 Å². The summed E-state index contributed by atoms with van der Waals surface area (Å²) in [6.45, 7) is 2.69. The summed E-state index contributed by atoms with van der Waals surface area (Å²) < 4.78 is 16.2. The average molecular weight is 314 g/mol. The molecule has 0 fully saturated rings. The summed E-state index contributed by atoms with van der Waals surface area (Å²) in [5, 5.41) is 5.37. The number of furan rings is 1. The van der Waals surface area contributed by atoms with Crippen LogP contribution in [-0.2, 0) is 14.3 Å². The largest absolute Gasteiger partial charge is 0.463 e. The minimum atomic E-state index is -0.789. The molecular weight excluding hydrogens is 300 g/mol. The molecule has 118 valence electrons. The highest BCUT2D eigenvalue weighted by Gasteiger charge is 2.35. The van der Waals surface area contributed by atoms with Crippen molar-refractivity contribution in [2.75, 3.05) is 0 Å². The molecule has 1 aliphatic heterocycles. The first-order valence-corrected chi connectivity index (χ1v) is 6.92. The van der Waals surface area contributed by atoms with Gasteiger partial charge < -0.3 is 13.9 Å². The Morgan fingerprint density at radius 2 is 1.96 bits per heavy atom. The van der Waals surface area contributed by atoms with Crippen LogP contribution in [-0.4, -0.2) is 22.8 Å². The summed E-state index contributed by atoms with van der Waals surface area (Å²) in [4.78, 5) is 23.0. The highest BCUT2D eigenvalue weighted by atomic mass is 16.6. The van der Waals surface area contributed by atoms with Crippen molar-refractivity contribution in [1.82, 2.24) is 5.01 Å². The molecule has 0 unspecified atom stereocenters. The van der Waals surface area contributed by atoms with Crippen LogP contribution in [0.15, 0.2) is 52.2 Å². The van der Waals surface area contributed by atoms with E-state index in [9.17, 15) is 9.59 Å². The molecule has 2 heterocycles. The fraction of sp³-hybridized carbons (Fsp3) is 0.188. The van der Waals surface area contributed by atoms with Gasteiger partial charge in [0.1, 0.15) is 5.75 Å². The lowest BCUT2D eigenvalue weighted by Gasteiger charge is -2.16. The number of para-hydroxylation sites is 1. The second-order valence-electron chi connectivity index (χ2n) is 4.84. The van der Waals surface area contributed by atoms with E-state index in [2.05, 4.69) is 5.10 Å². The van der Waals surface area contributed by atoms with Gasteiger partial charge in [-0.25, -0.2) is 0 Å². The number of esters is 1. The fourth-order valence-corrected chi connectivity index (χ4v) is 2.18. The van der Waals surface area contributed by atoms with Crippen LogP contribution in [0.1, 0.15) is 31.4 Å². The molecule has 1 aromatic heterocycles. The normalized spacial score (nSPS) is 16.7. The van der Waals surface area contributed by atoms with Gasteiger partial charge in [0, 0.05) is 13.8 Å². The predicted octanol–water partition coefficient (Wildman–Crippen LogP) is 2.44. The molecule has 0 radical (unpaired) electrons. The first-order chi connectivity index (χ1) is 11.1. The second kappa shape index (κ2) is 5.96. The zero-order chi connectivity index (χ0) is 16.4. The van der Waals surface area contributed by atoms with Gasteiger partial charge in [-0.2, -0.15) is 5.01 Å². The van der Waals surface area contributed by atoms with Crippen molar-refractivity contribution in [2.24, 2.45) is 5.10 Å². The van der Waals surface area contributed by atoms with Crippen LogP contribution in [0.3, 0.4) is 0 Å². The van der Waals surface area contributed by atoms with E-state index in [0.717, 1.165) is 0 Å². The molecule has 0 bridgehead atoms. The van der Waals surface area contributed by atoms with E-state index in [0.29, 0.717) is 17.1 Å². The molecule has 1 aliphatic rings. The Bertz CT molecular complexity index is 767. The summed E-state index contributed by atoms with van der Waals surface area (Å²) in [5.41, 5.74) is 0.475. The topological polar surface area (TPSA) is 81.3 Å². The number of amides is 1. The van der Waals surface area contributed by atoms with E-state index in [1.807, 2.05) is 0 Å². The summed E-state index contributed by atoms with van der Waals surface area (Å²) in [6.07, 6.45) is 0.699. The molecule has 0 saturated heterocycles. The number of rotatable bonds is 3. The van der Waals surface area contributed by atoms with Crippen molar-refractivity contribution in [3.63, 3.8) is 0 Å². The average Bonchev–Trinajstić information content (AvgIpc) is 3.16. The van der Waals surface area contributed by atoms with Crippen molar-refractivity contribution >= 4 is 17.8 Å². The number of benzene rings is 1. The van der Waals surface area contributed by atoms with Crippen molar-refractivity contribution in [3.8, 4) is 5.75 Å². The highest BCUT2D eigenvalue weighted by molar-refractivity contribution is 5.99. The molecule has 0 aliphatic carbocycles. The monoisotopic (exact) mass is 314 g/mol. The van der Waals surface area contributed by atoms with E-state index in [1.54, 1.807) is 36.4 Å². The number of ether oxygens (including phenoxy) is 2. The van der Waals surface area contributed by atoms with Gasteiger partial charge in [0.2, 0.25) is 11.8 Å². The smallest absolute Gasteiger partial charge is 0.308 e. The summed E-state index contributed by atoms with van der Waals surface area (Å²) in [7, 11) is 0. The Labute approximate surface area is 132 Å². The van der Waals surface area contributed by atoms with Gasteiger partial charge in [0.15, 0.2) is 5.76 Å². The number of hydrogen-bond acceptors (Lipinski definition) is 6. The zero-order valence-corrected chi connectivity index (χ0v) is 12.6. The minimum absolute atomic E-state index is 0.179. The van der Waals surface area contributed by atoms with Crippen LogP contribution in [0, 0.1) is 0 Å². The van der Waals surface area contributed by atoms with Gasteiger partial charge in [-0.3, -0.25) is 9.59 Å². The molecule has 7 heteroatoms. The van der Waals surface area contributed by atoms with Crippen molar-refractivity contribution < 1.29 is 23.5 Å². The molecule has 23 heavy (non-hydrogen) atoms. The lowest BCUT2D eigenvalue weighted by atomic mass is 10.2. The van der Waals surface area contributed by atoms with Crippen LogP contribution >= 0.6 is 0 Å². The van der Waals surface area contributed by atoms with Crippen molar-refractivity contribution in [2.45, 2.75) is 20.1 Å². The Balaban J connectivity index is 1.96. The van der Waals surface area contributed by atoms with Gasteiger partial charge in [-0.1, -0.05) is 12.1 Å². The molecule has 0 N–H and O–H groups in total. The summed E-state index contributed by atoms with van der Waals surface area (Å²) in [6, 6.07) is 10.2. The molecule has 0 spiro atoms. The van der Waals surface area contributed by atoms with Crippen molar-refractivity contribution in [3.05, 3.63) is 54.0 Å². The Kier molecular flexibility index (Phi) is 3.84. The van der Waals surface area contributed by atoms with Gasteiger partial charge in [-0.15, -0.1) is 5.10 Å². The number of hydrazone groups is 1. The summed E-state index contributed by atoms with van der Waals surface area (Å²) >= 11 is 0. The van der Waals surface area contributed by atoms with E-state index >= 15 is 0 Å². The number of carbonyl (C=O) groups is 2. The van der Waals surface area contributed by atoms with Gasteiger partial charge in [-0.05, 0) is 24.3 Å². The van der Waals surface area contributed by atoms with E-state index in [4.69, 9.17) is 13.9 Å². The van der Waals surface area contributed by atoms with Crippen LogP contribution in [0.4, 0.5) is 0 Å². The maximum absolute atomic E-state index is 11.8. The maximum atomic E-state index is 11.8. The third-order valence-electron chi connectivity index (χ3n) is 3.12. The minimum Gasteiger partial charge on any atom is -0.463 e. The van der Waals surface area contributed by atoms with E-state index in [1.165, 1.54) is 25.1 Å². The summed E-state index contributed by atoms with van der Waals surface area (Å²) in [5.74, 6) is 0.179. The Morgan fingerprint density at radius 1 is 1.17 bits per heavy atom. The lowest BCUT2D eigenvalue weighted by molar-refractivity contribution is -0.136. The highest BCUT2D eigenvalue weighted by Crippen LogP contribution is 2.32. The molecule has 3 rings (SSSR count). The third-order valence-corrected chi connectivity index (χ3v) is 3.12. The van der Waals surface area contributed by atoms with Crippen LogP contribution in [0.2, 0.25) is 0 Å². The zero-order valence-electron chi connectivity index (χ0n) is 12.6. The fourth-order valence-electron chi connectivity index (χ4n) is 2.18. The van der Waals surface area contributed by atoms with Gasteiger partial charge in [0.25, 0.3) is 6.23 Å². The predicted molar refractivity (Wildman–Crippen MR) is 79.3 cm³/mol. The SMILES string of the molecule is CC(=O)Oc1ccccc1C1=NN(C(C)=O)[C@@H](c2ccco2)O1. The molecule has 7 nitrogen and oxygen atoms in total. The molecule has 0 saturated carbocycles. The van der Waals surface area contributed by atoms with Crippen LogP contribution in [0.25, 0.3) is 0 Å². The second-order valence-corrected chi connectivity index (χ2v) is 4.84. The third kappa shape index (κ3) is 2.94. The molecular formula is C16H14N2O5. The first kappa shape index (κ1) is 14.8. The van der Waals surface area contributed by atoms with Crippen LogP contribution in [0.5, 0.6) is 5.75 Å². The maximum Gasteiger partial charge on any atom is 0.308 e. The molecule has 1 amide bonds. The number of hydrogen-bond donors (Lipinski definition) is 0. The lowest BCUT2D eigenvalue weighted by Crippen LogP contribution is -2.24. The van der Waals surface area contributed by atoms with Crippen molar-refractivity contribution in [1.29, 1.82) is 0 Å². The molecule has 2 aromatic rings. The standard InChI is InChI=1S/C16H14N2O5/c1-10(19)18-16(14-8-5-9-21-14)23-15(17-18)12-6-3-4-7-13(12)22-11(2)20/h3-9,16H,1-2H3/t16-/m1/s1. The quantitative estimate of drug-likeness (QED) is 0.642. The van der Waals surface area contributed by atoms with Crippen LogP contribution < -0.4 is 4.74 Å². The van der Waals surface area contributed by atoms with E-state index < -0.39 is 12.2 Å². The van der Waals surface area contributed by atoms with Gasteiger partial charge >= 0.3 is 5.97 Å². The number of carbonyl (C=O) groups excluding carboxylic acids is 2. The number of nitrogens with zero attached hydrogens (tertiary/aromatic N) is 2. The first-order valence-electron chi connectivity index (χ1n) is 6.92. The Hall–Kier alpha value is -3.09. The molecule has 1 aromatic carbocycles. The Morgan fingerprint density at radius 3 is 2.61 bits per heavy atom. The molecule has 1 atom stereocenters.